The molecule has 4 nitrogen and oxygen atoms in total. The van der Waals surface area contributed by atoms with Crippen molar-refractivity contribution in [3.63, 3.8) is 0 Å². The molecular formula is C15H18O4S. The van der Waals surface area contributed by atoms with Gasteiger partial charge in [-0.15, -0.1) is 0 Å². The number of methoxy groups -OCH3 is 1. The van der Waals surface area contributed by atoms with Crippen LogP contribution in [-0.4, -0.2) is 35.8 Å². The zero-order chi connectivity index (χ0) is 14.2. The molecule has 1 N–H and O–H groups in total. The summed E-state index contributed by atoms with van der Waals surface area (Å²) in [5.74, 6) is 2.57. The van der Waals surface area contributed by atoms with Crippen LogP contribution in [-0.2, 0) is 10.2 Å². The first-order valence-electron chi connectivity index (χ1n) is 6.82. The maximum atomic E-state index is 11.6. The van der Waals surface area contributed by atoms with Gasteiger partial charge in [0, 0.05) is 11.5 Å². The van der Waals surface area contributed by atoms with Crippen LogP contribution >= 0.6 is 11.8 Å². The van der Waals surface area contributed by atoms with Gasteiger partial charge in [0.05, 0.1) is 12.5 Å². The molecular weight excluding hydrogens is 276 g/mol. The molecule has 0 spiro atoms. The number of aliphatic carboxylic acids is 1. The van der Waals surface area contributed by atoms with Gasteiger partial charge in [-0.25, -0.2) is 0 Å². The number of ether oxygens (including phenoxy) is 2. The molecule has 1 aromatic carbocycles. The van der Waals surface area contributed by atoms with Crippen molar-refractivity contribution in [2.75, 3.05) is 18.6 Å². The first kappa shape index (κ1) is 13.6. The van der Waals surface area contributed by atoms with Gasteiger partial charge >= 0.3 is 5.97 Å². The second-order valence-electron chi connectivity index (χ2n) is 5.38. The Morgan fingerprint density at radius 1 is 1.35 bits per heavy atom. The minimum Gasteiger partial charge on any atom is -0.493 e. The molecule has 1 aliphatic carbocycles. The Morgan fingerprint density at radius 3 is 2.55 bits per heavy atom. The summed E-state index contributed by atoms with van der Waals surface area (Å²) in [6.07, 6.45) is 2.58. The van der Waals surface area contributed by atoms with Crippen LogP contribution in [0.5, 0.6) is 11.5 Å². The van der Waals surface area contributed by atoms with Crippen LogP contribution in [0.2, 0.25) is 0 Å². The SMILES string of the molecule is COc1ccc(C2(C(=O)O)CCC2)cc1OC1CSC1. The number of benzene rings is 1. The molecule has 1 saturated heterocycles. The van der Waals surface area contributed by atoms with Crippen molar-refractivity contribution in [3.05, 3.63) is 23.8 Å². The Morgan fingerprint density at radius 2 is 2.10 bits per heavy atom. The molecule has 0 radical (unpaired) electrons. The Bertz CT molecular complexity index is 521. The minimum atomic E-state index is -0.737. The summed E-state index contributed by atoms with van der Waals surface area (Å²) in [6, 6.07) is 5.53. The van der Waals surface area contributed by atoms with E-state index in [1.165, 1.54) is 0 Å². The van der Waals surface area contributed by atoms with E-state index in [4.69, 9.17) is 9.47 Å². The lowest BCUT2D eigenvalue weighted by Gasteiger charge is -2.38. The van der Waals surface area contributed by atoms with Crippen molar-refractivity contribution >= 4 is 17.7 Å². The third-order valence-corrected chi connectivity index (χ3v) is 5.45. The summed E-state index contributed by atoms with van der Waals surface area (Å²) in [6.45, 7) is 0. The lowest BCUT2D eigenvalue weighted by molar-refractivity contribution is -0.147. The van der Waals surface area contributed by atoms with Gasteiger partial charge in [-0.2, -0.15) is 11.8 Å². The van der Waals surface area contributed by atoms with E-state index in [2.05, 4.69) is 0 Å². The number of carboxylic acids is 1. The molecule has 3 rings (SSSR count). The topological polar surface area (TPSA) is 55.8 Å². The van der Waals surface area contributed by atoms with Gasteiger partial charge in [-0.3, -0.25) is 4.79 Å². The molecule has 5 heteroatoms. The van der Waals surface area contributed by atoms with Gasteiger partial charge < -0.3 is 14.6 Å². The van der Waals surface area contributed by atoms with Gasteiger partial charge in [-0.1, -0.05) is 12.5 Å². The summed E-state index contributed by atoms with van der Waals surface area (Å²) in [5.41, 5.74) is 0.109. The van der Waals surface area contributed by atoms with Gasteiger partial charge in [0.1, 0.15) is 6.10 Å². The van der Waals surface area contributed by atoms with E-state index in [-0.39, 0.29) is 6.10 Å². The first-order valence-corrected chi connectivity index (χ1v) is 7.97. The van der Waals surface area contributed by atoms with E-state index in [9.17, 15) is 9.90 Å². The van der Waals surface area contributed by atoms with Crippen molar-refractivity contribution in [2.45, 2.75) is 30.8 Å². The molecule has 1 aromatic rings. The van der Waals surface area contributed by atoms with Gasteiger partial charge in [0.2, 0.25) is 0 Å². The quantitative estimate of drug-likeness (QED) is 0.905. The Kier molecular flexibility index (Phi) is 3.54. The number of hydrogen-bond donors (Lipinski definition) is 1. The van der Waals surface area contributed by atoms with Crippen LogP contribution in [0, 0.1) is 0 Å². The standard InChI is InChI=1S/C15H18O4S/c1-18-12-4-3-10(15(14(16)17)5-2-6-15)7-13(12)19-11-8-20-9-11/h3-4,7,11H,2,5-6,8-9H2,1H3,(H,16,17). The molecule has 1 aliphatic heterocycles. The van der Waals surface area contributed by atoms with Crippen molar-refractivity contribution in [2.24, 2.45) is 0 Å². The maximum Gasteiger partial charge on any atom is 0.314 e. The normalized spacial score (nSPS) is 20.6. The summed E-state index contributed by atoms with van der Waals surface area (Å²) in [4.78, 5) is 11.6. The van der Waals surface area contributed by atoms with Gasteiger partial charge in [0.15, 0.2) is 11.5 Å². The highest BCUT2D eigenvalue weighted by Gasteiger charge is 2.46. The fraction of sp³-hybridized carbons (Fsp3) is 0.533. The highest BCUT2D eigenvalue weighted by molar-refractivity contribution is 8.00. The molecule has 2 aliphatic rings. The van der Waals surface area contributed by atoms with E-state index >= 15 is 0 Å². The molecule has 0 amide bonds. The first-order chi connectivity index (χ1) is 9.65. The Hall–Kier alpha value is -1.36. The largest absolute Gasteiger partial charge is 0.493 e. The lowest BCUT2D eigenvalue weighted by atomic mass is 9.64. The predicted octanol–water partition coefficient (Wildman–Crippen LogP) is 2.70. The smallest absolute Gasteiger partial charge is 0.314 e. The Labute approximate surface area is 122 Å². The summed E-state index contributed by atoms with van der Waals surface area (Å²) >= 11 is 1.85. The molecule has 0 aromatic heterocycles. The second kappa shape index (κ2) is 5.20. The molecule has 0 atom stereocenters. The zero-order valence-electron chi connectivity index (χ0n) is 11.4. The number of carbonyl (C=O) groups is 1. The van der Waals surface area contributed by atoms with E-state index < -0.39 is 11.4 Å². The average Bonchev–Trinajstić information content (AvgIpc) is 2.32. The maximum absolute atomic E-state index is 11.6. The third-order valence-electron chi connectivity index (χ3n) is 4.23. The molecule has 0 unspecified atom stereocenters. The zero-order valence-corrected chi connectivity index (χ0v) is 12.2. The van der Waals surface area contributed by atoms with Crippen molar-refractivity contribution < 1.29 is 19.4 Å². The predicted molar refractivity (Wildman–Crippen MR) is 77.9 cm³/mol. The van der Waals surface area contributed by atoms with E-state index in [1.807, 2.05) is 30.0 Å². The van der Waals surface area contributed by atoms with Crippen LogP contribution in [0.4, 0.5) is 0 Å². The number of hydrogen-bond acceptors (Lipinski definition) is 4. The minimum absolute atomic E-state index is 0.214. The molecule has 0 bridgehead atoms. The lowest BCUT2D eigenvalue weighted by Crippen LogP contribution is -2.42. The summed E-state index contributed by atoms with van der Waals surface area (Å²) in [7, 11) is 1.60. The highest BCUT2D eigenvalue weighted by atomic mass is 32.2. The molecule has 2 fully saturated rings. The van der Waals surface area contributed by atoms with Gasteiger partial charge in [0.25, 0.3) is 0 Å². The number of rotatable bonds is 5. The van der Waals surface area contributed by atoms with E-state index in [1.54, 1.807) is 7.11 Å². The van der Waals surface area contributed by atoms with Crippen LogP contribution in [0.1, 0.15) is 24.8 Å². The highest BCUT2D eigenvalue weighted by Crippen LogP contribution is 2.46. The third kappa shape index (κ3) is 2.14. The molecule has 1 heterocycles. The molecule has 108 valence electrons. The second-order valence-corrected chi connectivity index (χ2v) is 6.46. The number of carboxylic acid groups (broad SMARTS) is 1. The van der Waals surface area contributed by atoms with E-state index in [0.717, 1.165) is 23.5 Å². The monoisotopic (exact) mass is 294 g/mol. The average molecular weight is 294 g/mol. The van der Waals surface area contributed by atoms with Crippen LogP contribution in [0.25, 0.3) is 0 Å². The summed E-state index contributed by atoms with van der Waals surface area (Å²) in [5, 5.41) is 9.52. The van der Waals surface area contributed by atoms with Gasteiger partial charge in [-0.05, 0) is 30.5 Å². The summed E-state index contributed by atoms with van der Waals surface area (Å²) < 4.78 is 11.2. The van der Waals surface area contributed by atoms with Crippen molar-refractivity contribution in [1.82, 2.24) is 0 Å². The Balaban J connectivity index is 1.91. The van der Waals surface area contributed by atoms with E-state index in [0.29, 0.717) is 24.3 Å². The van der Waals surface area contributed by atoms with Crippen LogP contribution < -0.4 is 9.47 Å². The van der Waals surface area contributed by atoms with Crippen LogP contribution in [0.3, 0.4) is 0 Å². The van der Waals surface area contributed by atoms with Crippen LogP contribution in [0.15, 0.2) is 18.2 Å². The fourth-order valence-electron chi connectivity index (χ4n) is 2.68. The van der Waals surface area contributed by atoms with Crippen molar-refractivity contribution in [1.29, 1.82) is 0 Å². The molecule has 1 saturated carbocycles. The molecule has 20 heavy (non-hydrogen) atoms. The fourth-order valence-corrected chi connectivity index (χ4v) is 3.25. The van der Waals surface area contributed by atoms with Crippen molar-refractivity contribution in [3.8, 4) is 11.5 Å². The number of thioether (sulfide) groups is 1.